The molecule has 0 saturated carbocycles. The quantitative estimate of drug-likeness (QED) is 0.361. The SMILES string of the molecule is CN=C(NCC1(SC)CCOCC1)NC1CCN(c2cccs2)CC1.I. The van der Waals surface area contributed by atoms with Crippen LogP contribution in [0.25, 0.3) is 0 Å². The zero-order chi connectivity index (χ0) is 17.5. The average Bonchev–Trinajstić information content (AvgIpc) is 3.21. The van der Waals surface area contributed by atoms with Crippen molar-refractivity contribution >= 4 is 58.0 Å². The van der Waals surface area contributed by atoms with Gasteiger partial charge < -0.3 is 20.3 Å². The molecule has 3 heterocycles. The smallest absolute Gasteiger partial charge is 0.191 e. The molecule has 3 rings (SSSR count). The van der Waals surface area contributed by atoms with Crippen LogP contribution < -0.4 is 15.5 Å². The van der Waals surface area contributed by atoms with Gasteiger partial charge in [-0.2, -0.15) is 11.8 Å². The van der Waals surface area contributed by atoms with Crippen molar-refractivity contribution in [2.45, 2.75) is 36.5 Å². The molecule has 26 heavy (non-hydrogen) atoms. The first-order chi connectivity index (χ1) is 12.2. The van der Waals surface area contributed by atoms with Gasteiger partial charge in [0.1, 0.15) is 0 Å². The highest BCUT2D eigenvalue weighted by Gasteiger charge is 2.32. The average molecular weight is 511 g/mol. The summed E-state index contributed by atoms with van der Waals surface area (Å²) in [6.45, 7) is 4.92. The number of thiophene rings is 1. The second kappa shape index (κ2) is 11.0. The molecule has 2 fully saturated rings. The summed E-state index contributed by atoms with van der Waals surface area (Å²) in [6, 6.07) is 4.85. The normalized spacial score (nSPS) is 21.2. The highest BCUT2D eigenvalue weighted by Crippen LogP contribution is 2.33. The van der Waals surface area contributed by atoms with Crippen molar-refractivity contribution in [3.05, 3.63) is 17.5 Å². The van der Waals surface area contributed by atoms with Crippen LogP contribution >= 0.6 is 47.1 Å². The van der Waals surface area contributed by atoms with Gasteiger partial charge in [-0.25, -0.2) is 0 Å². The summed E-state index contributed by atoms with van der Waals surface area (Å²) in [7, 11) is 1.87. The highest BCUT2D eigenvalue weighted by molar-refractivity contribution is 14.0. The monoisotopic (exact) mass is 510 g/mol. The Hall–Kier alpha value is -0.190. The van der Waals surface area contributed by atoms with E-state index in [4.69, 9.17) is 4.74 Å². The molecule has 2 saturated heterocycles. The molecule has 0 aromatic carbocycles. The molecule has 148 valence electrons. The van der Waals surface area contributed by atoms with Crippen LogP contribution in [0.15, 0.2) is 22.5 Å². The van der Waals surface area contributed by atoms with E-state index in [-0.39, 0.29) is 28.7 Å². The van der Waals surface area contributed by atoms with Gasteiger partial charge in [-0.05, 0) is 49.5 Å². The summed E-state index contributed by atoms with van der Waals surface area (Å²) in [5, 5.41) is 10.7. The number of ether oxygens (including phenoxy) is 1. The molecule has 0 bridgehead atoms. The molecule has 0 unspecified atom stereocenters. The number of thioether (sulfide) groups is 1. The number of nitrogens with one attached hydrogen (secondary N) is 2. The number of hydrogen-bond acceptors (Lipinski definition) is 5. The van der Waals surface area contributed by atoms with E-state index in [1.807, 2.05) is 30.1 Å². The Morgan fingerprint density at radius 3 is 2.69 bits per heavy atom. The van der Waals surface area contributed by atoms with E-state index >= 15 is 0 Å². The van der Waals surface area contributed by atoms with E-state index in [9.17, 15) is 0 Å². The third kappa shape index (κ3) is 5.90. The Morgan fingerprint density at radius 1 is 1.38 bits per heavy atom. The van der Waals surface area contributed by atoms with Gasteiger partial charge in [-0.3, -0.25) is 4.99 Å². The number of halogens is 1. The molecule has 8 heteroatoms. The molecule has 2 N–H and O–H groups in total. The Bertz CT molecular complexity index is 541. The standard InChI is InChI=1S/C18H30N4OS2.HI/c1-19-17(20-14-18(24-2)7-11-23-12-8-18)21-15-5-9-22(10-6-15)16-4-3-13-25-16;/h3-4,13,15H,5-12,14H2,1-2H3,(H2,19,20,21);1H. The number of hydrogen-bond donors (Lipinski definition) is 2. The lowest BCUT2D eigenvalue weighted by Gasteiger charge is -2.37. The van der Waals surface area contributed by atoms with E-state index in [1.165, 1.54) is 5.00 Å². The second-order valence-corrected chi connectivity index (χ2v) is 8.98. The van der Waals surface area contributed by atoms with Gasteiger partial charge in [-0.1, -0.05) is 0 Å². The summed E-state index contributed by atoms with van der Waals surface area (Å²) in [6.07, 6.45) is 6.73. The molecule has 2 aliphatic rings. The molecule has 0 spiro atoms. The third-order valence-electron chi connectivity index (χ3n) is 5.29. The zero-order valence-corrected chi connectivity index (χ0v) is 19.7. The molecule has 0 atom stereocenters. The number of nitrogens with zero attached hydrogens (tertiary/aromatic N) is 2. The minimum atomic E-state index is 0. The Morgan fingerprint density at radius 2 is 2.12 bits per heavy atom. The second-order valence-electron chi connectivity index (χ2n) is 6.78. The number of rotatable bonds is 5. The van der Waals surface area contributed by atoms with Crippen LogP contribution in [0.3, 0.4) is 0 Å². The maximum atomic E-state index is 5.53. The maximum Gasteiger partial charge on any atom is 0.191 e. The number of piperidine rings is 1. The molecule has 0 radical (unpaired) electrons. The predicted octanol–water partition coefficient (Wildman–Crippen LogP) is 3.41. The number of guanidine groups is 1. The van der Waals surface area contributed by atoms with Crippen molar-refractivity contribution in [1.29, 1.82) is 0 Å². The topological polar surface area (TPSA) is 48.9 Å². The van der Waals surface area contributed by atoms with Crippen molar-refractivity contribution in [2.75, 3.05) is 51.1 Å². The zero-order valence-electron chi connectivity index (χ0n) is 15.7. The van der Waals surface area contributed by atoms with Gasteiger partial charge in [0.2, 0.25) is 0 Å². The van der Waals surface area contributed by atoms with Crippen molar-refractivity contribution in [3.8, 4) is 0 Å². The van der Waals surface area contributed by atoms with E-state index in [2.05, 4.69) is 44.3 Å². The summed E-state index contributed by atoms with van der Waals surface area (Å²) in [5.41, 5.74) is 0. The molecule has 0 aliphatic carbocycles. The minimum absolute atomic E-state index is 0. The van der Waals surface area contributed by atoms with Crippen molar-refractivity contribution in [2.24, 2.45) is 4.99 Å². The van der Waals surface area contributed by atoms with E-state index < -0.39 is 0 Å². The van der Waals surface area contributed by atoms with Crippen molar-refractivity contribution < 1.29 is 4.74 Å². The molecular formula is C18H31IN4OS2. The van der Waals surface area contributed by atoms with Crippen LogP contribution in [0.2, 0.25) is 0 Å². The fraction of sp³-hybridized carbons (Fsp3) is 0.722. The maximum absolute atomic E-state index is 5.53. The summed E-state index contributed by atoms with van der Waals surface area (Å²) < 4.78 is 5.81. The molecule has 1 aromatic rings. The first kappa shape index (κ1) is 22.1. The van der Waals surface area contributed by atoms with Gasteiger partial charge >= 0.3 is 0 Å². The van der Waals surface area contributed by atoms with Crippen molar-refractivity contribution in [3.63, 3.8) is 0 Å². The van der Waals surface area contributed by atoms with Crippen LogP contribution in [-0.2, 0) is 4.74 Å². The van der Waals surface area contributed by atoms with Crippen LogP contribution in [-0.4, -0.2) is 62.9 Å². The minimum Gasteiger partial charge on any atom is -0.381 e. The van der Waals surface area contributed by atoms with E-state index in [0.717, 1.165) is 64.5 Å². The van der Waals surface area contributed by atoms with E-state index in [0.29, 0.717) is 6.04 Å². The van der Waals surface area contributed by atoms with Gasteiger partial charge in [0.25, 0.3) is 0 Å². The fourth-order valence-corrected chi connectivity index (χ4v) is 5.10. The third-order valence-corrected chi connectivity index (χ3v) is 7.64. The number of anilines is 1. The fourth-order valence-electron chi connectivity index (χ4n) is 3.52. The lowest BCUT2D eigenvalue weighted by molar-refractivity contribution is 0.0782. The molecule has 5 nitrogen and oxygen atoms in total. The highest BCUT2D eigenvalue weighted by atomic mass is 127. The number of aliphatic imine (C=N–C) groups is 1. The van der Waals surface area contributed by atoms with E-state index in [1.54, 1.807) is 0 Å². The first-order valence-electron chi connectivity index (χ1n) is 9.13. The lowest BCUT2D eigenvalue weighted by Crippen LogP contribution is -2.52. The molecule has 1 aromatic heterocycles. The van der Waals surface area contributed by atoms with Crippen LogP contribution in [0.1, 0.15) is 25.7 Å². The van der Waals surface area contributed by atoms with Gasteiger partial charge in [0.05, 0.1) is 5.00 Å². The van der Waals surface area contributed by atoms with Crippen LogP contribution in [0, 0.1) is 0 Å². The Kier molecular flexibility index (Phi) is 9.32. The Labute approximate surface area is 182 Å². The van der Waals surface area contributed by atoms with Crippen LogP contribution in [0.5, 0.6) is 0 Å². The van der Waals surface area contributed by atoms with Crippen molar-refractivity contribution in [1.82, 2.24) is 10.6 Å². The summed E-state index contributed by atoms with van der Waals surface area (Å²) in [4.78, 5) is 6.93. The summed E-state index contributed by atoms with van der Waals surface area (Å²) in [5.74, 6) is 0.939. The molecule has 2 aliphatic heterocycles. The molecule has 0 amide bonds. The molecular weight excluding hydrogens is 479 g/mol. The first-order valence-corrected chi connectivity index (χ1v) is 11.2. The van der Waals surface area contributed by atoms with Crippen LogP contribution in [0.4, 0.5) is 5.00 Å². The largest absolute Gasteiger partial charge is 0.381 e. The van der Waals surface area contributed by atoms with Gasteiger partial charge in [-0.15, -0.1) is 35.3 Å². The predicted molar refractivity (Wildman–Crippen MR) is 126 cm³/mol. The lowest BCUT2D eigenvalue weighted by atomic mass is 9.99. The van der Waals surface area contributed by atoms with Gasteiger partial charge in [0.15, 0.2) is 5.96 Å². The van der Waals surface area contributed by atoms with Gasteiger partial charge in [0, 0.05) is 50.7 Å². The Balaban J connectivity index is 0.00000243. The summed E-state index contributed by atoms with van der Waals surface area (Å²) >= 11 is 3.79.